The van der Waals surface area contributed by atoms with Crippen molar-refractivity contribution < 1.29 is 4.43 Å². The summed E-state index contributed by atoms with van der Waals surface area (Å²) in [5.41, 5.74) is 1.11. The predicted molar refractivity (Wildman–Crippen MR) is 109 cm³/mol. The summed E-state index contributed by atoms with van der Waals surface area (Å²) in [5, 5.41) is 0.526. The highest BCUT2D eigenvalue weighted by Crippen LogP contribution is 2.48. The van der Waals surface area contributed by atoms with E-state index in [2.05, 4.69) is 65.8 Å². The predicted octanol–water partition coefficient (Wildman–Crippen LogP) is 4.90. The van der Waals surface area contributed by atoms with Gasteiger partial charge in [0.25, 0.3) is 0 Å². The fourth-order valence-electron chi connectivity index (χ4n) is 3.71. The fraction of sp³-hybridized carbons (Fsp3) is 0.647. The number of hydrogen-bond donors (Lipinski definition) is 0. The van der Waals surface area contributed by atoms with Gasteiger partial charge in [-0.25, -0.2) is 9.97 Å². The van der Waals surface area contributed by atoms with Crippen LogP contribution in [0.25, 0.3) is 5.52 Å². The maximum Gasteiger partial charge on any atom is 0.171 e. The van der Waals surface area contributed by atoms with Crippen LogP contribution in [0.3, 0.4) is 0 Å². The van der Waals surface area contributed by atoms with Gasteiger partial charge in [0.05, 0.1) is 6.10 Å². The molecule has 1 atom stereocenters. The van der Waals surface area contributed by atoms with Gasteiger partial charge in [0.1, 0.15) is 15.0 Å². The molecular formula is C17H25ClIN3OSi. The Balaban J connectivity index is 1.80. The van der Waals surface area contributed by atoms with Crippen molar-refractivity contribution in [2.45, 2.75) is 58.7 Å². The van der Waals surface area contributed by atoms with Crippen molar-refractivity contribution in [2.75, 3.05) is 0 Å². The van der Waals surface area contributed by atoms with E-state index >= 15 is 0 Å². The fourth-order valence-corrected chi connectivity index (χ4v) is 6.08. The first-order valence-electron chi connectivity index (χ1n) is 8.52. The Morgan fingerprint density at radius 1 is 1.38 bits per heavy atom. The molecule has 0 spiro atoms. The Kier molecular flexibility index (Phi) is 5.31. The number of nitrogens with zero attached hydrogens (tertiary/aromatic N) is 3. The van der Waals surface area contributed by atoms with Crippen LogP contribution in [0.1, 0.15) is 45.4 Å². The molecule has 3 rings (SSSR count). The van der Waals surface area contributed by atoms with E-state index in [-0.39, 0.29) is 5.41 Å². The topological polar surface area (TPSA) is 39.4 Å². The summed E-state index contributed by atoms with van der Waals surface area (Å²) in [5.74, 6) is 2.21. The Labute approximate surface area is 164 Å². The summed E-state index contributed by atoms with van der Waals surface area (Å²) in [6.45, 7) is 11.4. The van der Waals surface area contributed by atoms with E-state index in [1.165, 1.54) is 0 Å². The maximum atomic E-state index is 6.39. The van der Waals surface area contributed by atoms with Gasteiger partial charge < -0.3 is 4.43 Å². The SMILES string of the molecule is C[SiH](C)OC([C@H]1C[C@H](c2nc(I)c3c(Cl)nccn32)C1)C(C)(C)C. The highest BCUT2D eigenvalue weighted by atomic mass is 127. The lowest BCUT2D eigenvalue weighted by molar-refractivity contribution is -0.00948. The monoisotopic (exact) mass is 477 g/mol. The summed E-state index contributed by atoms with van der Waals surface area (Å²) in [6.07, 6.45) is 6.34. The van der Waals surface area contributed by atoms with Gasteiger partial charge in [-0.2, -0.15) is 0 Å². The highest BCUT2D eigenvalue weighted by Gasteiger charge is 2.43. The first-order chi connectivity index (χ1) is 11.2. The molecule has 2 aromatic heterocycles. The molecule has 0 N–H and O–H groups in total. The maximum absolute atomic E-state index is 6.39. The molecule has 2 aromatic rings. The number of halogens is 2. The molecule has 0 aromatic carbocycles. The number of imidazole rings is 1. The van der Waals surface area contributed by atoms with Crippen molar-refractivity contribution in [3.63, 3.8) is 0 Å². The van der Waals surface area contributed by atoms with Crippen LogP contribution in [0.4, 0.5) is 0 Å². The number of fused-ring (bicyclic) bond motifs is 1. The number of rotatable bonds is 4. The zero-order valence-electron chi connectivity index (χ0n) is 14.9. The smallest absolute Gasteiger partial charge is 0.171 e. The third kappa shape index (κ3) is 3.52. The van der Waals surface area contributed by atoms with Crippen LogP contribution >= 0.6 is 34.2 Å². The minimum Gasteiger partial charge on any atom is -0.417 e. The van der Waals surface area contributed by atoms with Crippen molar-refractivity contribution in [3.05, 3.63) is 27.1 Å². The third-order valence-corrected chi connectivity index (χ3v) is 6.60. The molecule has 2 heterocycles. The summed E-state index contributed by atoms with van der Waals surface area (Å²) in [4.78, 5) is 8.96. The largest absolute Gasteiger partial charge is 0.417 e. The molecule has 1 unspecified atom stereocenters. The van der Waals surface area contributed by atoms with Gasteiger partial charge in [-0.3, -0.25) is 4.40 Å². The van der Waals surface area contributed by atoms with Crippen molar-refractivity contribution in [1.82, 2.24) is 14.4 Å². The second kappa shape index (κ2) is 6.85. The van der Waals surface area contributed by atoms with Gasteiger partial charge in [-0.15, -0.1) is 0 Å². The van der Waals surface area contributed by atoms with E-state index in [1.807, 2.05) is 6.20 Å². The van der Waals surface area contributed by atoms with Crippen molar-refractivity contribution >= 4 is 48.7 Å². The molecule has 0 saturated heterocycles. The van der Waals surface area contributed by atoms with Gasteiger partial charge in [-0.05, 0) is 59.9 Å². The van der Waals surface area contributed by atoms with Crippen LogP contribution in [0.15, 0.2) is 12.4 Å². The van der Waals surface area contributed by atoms with Crippen LogP contribution in [-0.4, -0.2) is 29.5 Å². The van der Waals surface area contributed by atoms with Gasteiger partial charge in [0.15, 0.2) is 14.2 Å². The van der Waals surface area contributed by atoms with Gasteiger partial charge in [-0.1, -0.05) is 32.4 Å². The van der Waals surface area contributed by atoms with Crippen LogP contribution in [0.2, 0.25) is 18.2 Å². The van der Waals surface area contributed by atoms with Crippen LogP contribution in [0, 0.1) is 15.0 Å². The van der Waals surface area contributed by atoms with E-state index in [0.29, 0.717) is 23.1 Å². The molecule has 4 nitrogen and oxygen atoms in total. The van der Waals surface area contributed by atoms with E-state index in [0.717, 1.165) is 27.9 Å². The Morgan fingerprint density at radius 2 is 2.04 bits per heavy atom. The lowest BCUT2D eigenvalue weighted by atomic mass is 9.66. The molecule has 1 aliphatic rings. The molecule has 0 aliphatic heterocycles. The van der Waals surface area contributed by atoms with Crippen molar-refractivity contribution in [3.8, 4) is 0 Å². The lowest BCUT2D eigenvalue weighted by Gasteiger charge is -2.46. The second-order valence-corrected chi connectivity index (χ2v) is 11.8. The average Bonchev–Trinajstić information content (AvgIpc) is 2.73. The summed E-state index contributed by atoms with van der Waals surface area (Å²) in [7, 11) is -1.05. The highest BCUT2D eigenvalue weighted by molar-refractivity contribution is 14.1. The summed E-state index contributed by atoms with van der Waals surface area (Å²) in [6, 6.07) is 0. The molecular weight excluding hydrogens is 453 g/mol. The summed E-state index contributed by atoms with van der Waals surface area (Å²) < 4.78 is 9.44. The van der Waals surface area contributed by atoms with Gasteiger partial charge in [0, 0.05) is 18.3 Å². The quantitative estimate of drug-likeness (QED) is 0.465. The molecule has 0 amide bonds. The van der Waals surface area contributed by atoms with Gasteiger partial charge >= 0.3 is 0 Å². The average molecular weight is 478 g/mol. The van der Waals surface area contributed by atoms with E-state index in [1.54, 1.807) is 6.20 Å². The minimum atomic E-state index is -1.05. The Hall–Kier alpha value is -0.183. The number of hydrogen-bond acceptors (Lipinski definition) is 3. The van der Waals surface area contributed by atoms with Gasteiger partial charge in [0.2, 0.25) is 0 Å². The molecule has 7 heteroatoms. The summed E-state index contributed by atoms with van der Waals surface area (Å²) >= 11 is 8.50. The van der Waals surface area contributed by atoms with E-state index in [9.17, 15) is 0 Å². The van der Waals surface area contributed by atoms with Crippen LogP contribution < -0.4 is 0 Å². The molecule has 24 heavy (non-hydrogen) atoms. The van der Waals surface area contributed by atoms with Crippen molar-refractivity contribution in [2.24, 2.45) is 11.3 Å². The third-order valence-electron chi connectivity index (χ3n) is 4.74. The standard InChI is InChI=1S/C17H25ClIN3OSi/c1-17(2,3)13(23-24(4)5)10-8-11(9-10)16-21-15(19)12-14(18)20-6-7-22(12)16/h6-7,10-11,13,24H,8-9H2,1-5H3/t10-,11-,13?. The zero-order valence-corrected chi connectivity index (χ0v) is 19.0. The second-order valence-electron chi connectivity index (χ2n) is 8.10. The van der Waals surface area contributed by atoms with Crippen LogP contribution in [-0.2, 0) is 4.43 Å². The minimum absolute atomic E-state index is 0.184. The Bertz CT molecular complexity index is 737. The Morgan fingerprint density at radius 3 is 2.62 bits per heavy atom. The number of aromatic nitrogens is 3. The molecule has 132 valence electrons. The molecule has 0 radical (unpaired) electrons. The zero-order chi connectivity index (χ0) is 17.6. The van der Waals surface area contributed by atoms with Crippen molar-refractivity contribution in [1.29, 1.82) is 0 Å². The lowest BCUT2D eigenvalue weighted by Crippen LogP contribution is -2.44. The molecule has 0 bridgehead atoms. The molecule has 1 saturated carbocycles. The first-order valence-corrected chi connectivity index (χ1v) is 12.8. The molecule has 1 fully saturated rings. The van der Waals surface area contributed by atoms with Crippen LogP contribution in [0.5, 0.6) is 0 Å². The normalized spacial score (nSPS) is 22.8. The van der Waals surface area contributed by atoms with E-state index < -0.39 is 9.04 Å². The first kappa shape index (κ1) is 18.6. The van der Waals surface area contributed by atoms with E-state index in [4.69, 9.17) is 21.0 Å². The molecule has 1 aliphatic carbocycles.